The fraction of sp³-hybridized carbons (Fsp3) is 0.900. The summed E-state index contributed by atoms with van der Waals surface area (Å²) in [7, 11) is 0. The number of rotatable bonds is 9. The van der Waals surface area contributed by atoms with E-state index in [-0.39, 0.29) is 13.2 Å². The monoisotopic (exact) mass is 256 g/mol. The predicted molar refractivity (Wildman–Crippen MR) is 57.5 cm³/mol. The molecular formula is C10H19F3N2O2. The van der Waals surface area contributed by atoms with Crippen molar-refractivity contribution in [2.24, 2.45) is 0 Å². The van der Waals surface area contributed by atoms with Gasteiger partial charge in [-0.05, 0) is 12.8 Å². The number of carbonyl (C=O) groups is 1. The molecule has 102 valence electrons. The summed E-state index contributed by atoms with van der Waals surface area (Å²) >= 11 is 0. The summed E-state index contributed by atoms with van der Waals surface area (Å²) in [4.78, 5) is 11.0. The molecule has 0 spiro atoms. The first-order chi connectivity index (χ1) is 7.95. The molecule has 1 amide bonds. The highest BCUT2D eigenvalue weighted by Gasteiger charge is 2.26. The summed E-state index contributed by atoms with van der Waals surface area (Å²) in [5.41, 5.74) is 0. The molecular weight excluding hydrogens is 237 g/mol. The number of hydrogen-bond donors (Lipinski definition) is 3. The van der Waals surface area contributed by atoms with Crippen molar-refractivity contribution in [3.8, 4) is 0 Å². The molecule has 0 aliphatic rings. The van der Waals surface area contributed by atoms with Crippen LogP contribution >= 0.6 is 0 Å². The Balaban J connectivity index is 3.29. The highest BCUT2D eigenvalue weighted by atomic mass is 19.4. The first-order valence-electron chi connectivity index (χ1n) is 5.61. The average molecular weight is 256 g/mol. The van der Waals surface area contributed by atoms with Crippen molar-refractivity contribution >= 4 is 5.91 Å². The molecule has 0 bridgehead atoms. The normalized spacial score (nSPS) is 11.5. The SMILES string of the molecule is O=C(CNCC(F)(F)F)NCCCCCCO. The maximum absolute atomic E-state index is 11.7. The molecule has 4 nitrogen and oxygen atoms in total. The van der Waals surface area contributed by atoms with Gasteiger partial charge in [0, 0.05) is 13.2 Å². The lowest BCUT2D eigenvalue weighted by atomic mass is 10.2. The Labute approximate surface area is 98.6 Å². The lowest BCUT2D eigenvalue weighted by molar-refractivity contribution is -0.128. The lowest BCUT2D eigenvalue weighted by Crippen LogP contribution is -2.38. The van der Waals surface area contributed by atoms with Gasteiger partial charge in [0.05, 0.1) is 13.1 Å². The Morgan fingerprint density at radius 2 is 1.76 bits per heavy atom. The molecule has 0 atom stereocenters. The van der Waals surface area contributed by atoms with E-state index >= 15 is 0 Å². The van der Waals surface area contributed by atoms with E-state index in [0.717, 1.165) is 25.7 Å². The second kappa shape index (κ2) is 9.23. The summed E-state index contributed by atoms with van der Waals surface area (Å²) in [6.45, 7) is -0.862. The number of hydrogen-bond acceptors (Lipinski definition) is 3. The van der Waals surface area contributed by atoms with Crippen LogP contribution in [0.4, 0.5) is 13.2 Å². The van der Waals surface area contributed by atoms with Crippen molar-refractivity contribution in [2.75, 3.05) is 26.2 Å². The van der Waals surface area contributed by atoms with Crippen molar-refractivity contribution in [3.63, 3.8) is 0 Å². The highest BCUT2D eigenvalue weighted by molar-refractivity contribution is 5.77. The van der Waals surface area contributed by atoms with E-state index in [1.165, 1.54) is 0 Å². The van der Waals surface area contributed by atoms with Crippen LogP contribution in [0.15, 0.2) is 0 Å². The largest absolute Gasteiger partial charge is 0.401 e. The molecule has 0 aliphatic carbocycles. The summed E-state index contributed by atoms with van der Waals surface area (Å²) in [5, 5.41) is 13.0. The minimum atomic E-state index is -4.29. The van der Waals surface area contributed by atoms with E-state index in [0.29, 0.717) is 6.54 Å². The molecule has 3 N–H and O–H groups in total. The van der Waals surface area contributed by atoms with Crippen LogP contribution in [0, 0.1) is 0 Å². The Morgan fingerprint density at radius 1 is 1.12 bits per heavy atom. The third kappa shape index (κ3) is 13.1. The van der Waals surface area contributed by atoms with Crippen LogP contribution in [0.1, 0.15) is 25.7 Å². The van der Waals surface area contributed by atoms with E-state index in [1.807, 2.05) is 5.32 Å². The van der Waals surface area contributed by atoms with Crippen molar-refractivity contribution in [2.45, 2.75) is 31.9 Å². The maximum atomic E-state index is 11.7. The van der Waals surface area contributed by atoms with E-state index in [1.54, 1.807) is 0 Å². The number of aliphatic hydroxyl groups is 1. The molecule has 0 unspecified atom stereocenters. The van der Waals surface area contributed by atoms with Gasteiger partial charge in [0.2, 0.25) is 5.91 Å². The number of amides is 1. The maximum Gasteiger partial charge on any atom is 0.401 e. The molecule has 0 aliphatic heterocycles. The first kappa shape index (κ1) is 16.2. The third-order valence-corrected chi connectivity index (χ3v) is 2.02. The Hall–Kier alpha value is -0.820. The second-order valence-corrected chi connectivity index (χ2v) is 3.71. The number of alkyl halides is 3. The Kier molecular flexibility index (Phi) is 8.79. The molecule has 0 aromatic rings. The fourth-order valence-electron chi connectivity index (χ4n) is 1.20. The van der Waals surface area contributed by atoms with E-state index in [4.69, 9.17) is 5.11 Å². The lowest BCUT2D eigenvalue weighted by Gasteiger charge is -2.08. The fourth-order valence-corrected chi connectivity index (χ4v) is 1.20. The van der Waals surface area contributed by atoms with Crippen molar-refractivity contribution in [3.05, 3.63) is 0 Å². The van der Waals surface area contributed by atoms with Crippen LogP contribution in [-0.2, 0) is 4.79 Å². The van der Waals surface area contributed by atoms with Gasteiger partial charge in [-0.25, -0.2) is 0 Å². The quantitative estimate of drug-likeness (QED) is 0.535. The summed E-state index contributed by atoms with van der Waals surface area (Å²) in [6.07, 6.45) is -1.01. The Morgan fingerprint density at radius 3 is 2.35 bits per heavy atom. The van der Waals surface area contributed by atoms with Crippen molar-refractivity contribution in [1.82, 2.24) is 10.6 Å². The molecule has 0 fully saturated rings. The van der Waals surface area contributed by atoms with Gasteiger partial charge in [-0.3, -0.25) is 4.79 Å². The second-order valence-electron chi connectivity index (χ2n) is 3.71. The number of unbranched alkanes of at least 4 members (excludes halogenated alkanes) is 3. The van der Waals surface area contributed by atoms with Crippen LogP contribution in [0.3, 0.4) is 0 Å². The molecule has 0 saturated heterocycles. The van der Waals surface area contributed by atoms with Gasteiger partial charge in [-0.15, -0.1) is 0 Å². The topological polar surface area (TPSA) is 61.4 Å². The minimum Gasteiger partial charge on any atom is -0.396 e. The van der Waals surface area contributed by atoms with Gasteiger partial charge in [-0.2, -0.15) is 13.2 Å². The minimum absolute atomic E-state index is 0.160. The van der Waals surface area contributed by atoms with E-state index in [2.05, 4.69) is 5.32 Å². The van der Waals surface area contributed by atoms with Gasteiger partial charge in [0.1, 0.15) is 0 Å². The number of carbonyl (C=O) groups excluding carboxylic acids is 1. The molecule has 0 saturated carbocycles. The zero-order chi connectivity index (χ0) is 13.1. The molecule has 0 aromatic carbocycles. The number of halogens is 3. The van der Waals surface area contributed by atoms with Crippen LogP contribution in [0.25, 0.3) is 0 Å². The molecule has 0 aromatic heterocycles. The van der Waals surface area contributed by atoms with Gasteiger partial charge >= 0.3 is 6.18 Å². The van der Waals surface area contributed by atoms with Crippen molar-refractivity contribution in [1.29, 1.82) is 0 Å². The van der Waals surface area contributed by atoms with Gasteiger partial charge in [-0.1, -0.05) is 12.8 Å². The van der Waals surface area contributed by atoms with Gasteiger partial charge in [0.15, 0.2) is 0 Å². The number of aliphatic hydroxyl groups excluding tert-OH is 1. The summed E-state index contributed by atoms with van der Waals surface area (Å²) < 4.78 is 35.1. The first-order valence-corrected chi connectivity index (χ1v) is 5.61. The van der Waals surface area contributed by atoms with Gasteiger partial charge in [0.25, 0.3) is 0 Å². The third-order valence-electron chi connectivity index (χ3n) is 2.02. The molecule has 0 rings (SSSR count). The zero-order valence-electron chi connectivity index (χ0n) is 9.65. The van der Waals surface area contributed by atoms with Gasteiger partial charge < -0.3 is 15.7 Å². The summed E-state index contributed by atoms with van der Waals surface area (Å²) in [6, 6.07) is 0. The van der Waals surface area contributed by atoms with E-state index in [9.17, 15) is 18.0 Å². The van der Waals surface area contributed by atoms with Crippen LogP contribution in [-0.4, -0.2) is 43.4 Å². The molecule has 0 radical (unpaired) electrons. The van der Waals surface area contributed by atoms with E-state index < -0.39 is 18.6 Å². The van der Waals surface area contributed by atoms with Crippen LogP contribution in [0.5, 0.6) is 0 Å². The van der Waals surface area contributed by atoms with Crippen molar-refractivity contribution < 1.29 is 23.1 Å². The molecule has 7 heteroatoms. The summed E-state index contributed by atoms with van der Waals surface area (Å²) in [5.74, 6) is -0.434. The standard InChI is InChI=1S/C10H19F3N2O2/c11-10(12,13)8-14-7-9(17)15-5-3-1-2-4-6-16/h14,16H,1-8H2,(H,15,17). The van der Waals surface area contributed by atoms with Crippen LogP contribution < -0.4 is 10.6 Å². The Bertz CT molecular complexity index is 210. The average Bonchev–Trinajstić information content (AvgIpc) is 2.21. The predicted octanol–water partition coefficient (Wildman–Crippen LogP) is 0.807. The molecule has 17 heavy (non-hydrogen) atoms. The van der Waals surface area contributed by atoms with Crippen LogP contribution in [0.2, 0.25) is 0 Å². The highest BCUT2D eigenvalue weighted by Crippen LogP contribution is 2.11. The smallest absolute Gasteiger partial charge is 0.396 e. The molecule has 0 heterocycles. The zero-order valence-corrected chi connectivity index (χ0v) is 9.65. The number of nitrogens with one attached hydrogen (secondary N) is 2.